The number of benzene rings is 4. The van der Waals surface area contributed by atoms with Gasteiger partial charge in [0, 0.05) is 43.4 Å². The molecule has 1 aliphatic carbocycles. The van der Waals surface area contributed by atoms with Gasteiger partial charge in [0.15, 0.2) is 5.78 Å². The molecule has 2 nitrogen and oxygen atoms in total. The third-order valence-corrected chi connectivity index (χ3v) is 8.34. The van der Waals surface area contributed by atoms with Gasteiger partial charge >= 0.3 is 0 Å². The van der Waals surface area contributed by atoms with Crippen LogP contribution >= 0.6 is 11.3 Å². The lowest BCUT2D eigenvalue weighted by Gasteiger charge is -2.25. The molecule has 0 aliphatic heterocycles. The SMILES string of the molecule is CC1(C)/C(=C/c2ccc(-c3ccc(N(c4ccc(F)cc4)c4ccc(F)cc4)cc3)s2)C(=O)c2ccccc21. The number of thiophene rings is 1. The summed E-state index contributed by atoms with van der Waals surface area (Å²) in [5, 5.41) is 0. The van der Waals surface area contributed by atoms with Crippen molar-refractivity contribution in [3.05, 3.63) is 142 Å². The molecule has 0 N–H and O–H groups in total. The molecular formula is C34H25F2NOS. The lowest BCUT2D eigenvalue weighted by molar-refractivity contribution is 0.103. The van der Waals surface area contributed by atoms with E-state index in [1.165, 1.54) is 24.3 Å². The molecule has 5 heteroatoms. The number of Topliss-reactive ketones (excluding diaryl/α,β-unsaturated/α-hetero) is 1. The molecule has 0 bridgehead atoms. The first-order chi connectivity index (χ1) is 18.8. The van der Waals surface area contributed by atoms with Crippen molar-refractivity contribution < 1.29 is 13.6 Å². The minimum atomic E-state index is -0.344. The van der Waals surface area contributed by atoms with Gasteiger partial charge in [-0.1, -0.05) is 50.2 Å². The monoisotopic (exact) mass is 533 g/mol. The van der Waals surface area contributed by atoms with E-state index >= 15 is 0 Å². The van der Waals surface area contributed by atoms with Gasteiger partial charge in [-0.25, -0.2) is 8.78 Å². The Morgan fingerprint density at radius 1 is 0.692 bits per heavy atom. The van der Waals surface area contributed by atoms with Crippen LogP contribution in [0.1, 0.15) is 34.6 Å². The van der Waals surface area contributed by atoms with E-state index in [0.29, 0.717) is 0 Å². The van der Waals surface area contributed by atoms with Gasteiger partial charge in [-0.05, 0) is 90.0 Å². The van der Waals surface area contributed by atoms with Gasteiger partial charge in [0.1, 0.15) is 11.6 Å². The van der Waals surface area contributed by atoms with Crippen LogP contribution in [0.15, 0.2) is 115 Å². The largest absolute Gasteiger partial charge is 0.310 e. The Bertz CT molecular complexity index is 1650. The standard InChI is InChI=1S/C34H25F2NOS/c1-34(2)30-6-4-3-5-29(30)33(38)31(34)21-28-19-20-32(39-28)22-7-13-25(14-8-22)37(26-15-9-23(35)10-16-26)27-17-11-24(36)12-18-27/h3-21H,1-2H3/b31-21+. The average Bonchev–Trinajstić information content (AvgIpc) is 3.49. The van der Waals surface area contributed by atoms with Gasteiger partial charge in [-0.3, -0.25) is 4.79 Å². The number of hydrogen-bond acceptors (Lipinski definition) is 3. The van der Waals surface area contributed by atoms with Crippen LogP contribution in [0.5, 0.6) is 0 Å². The number of rotatable bonds is 5. The number of nitrogens with zero attached hydrogens (tertiary/aromatic N) is 1. The molecule has 1 aromatic heterocycles. The van der Waals surface area contributed by atoms with Crippen molar-refractivity contribution in [3.8, 4) is 10.4 Å². The minimum Gasteiger partial charge on any atom is -0.310 e. The normalized spacial score (nSPS) is 15.0. The van der Waals surface area contributed by atoms with E-state index in [2.05, 4.69) is 26.0 Å². The van der Waals surface area contributed by atoms with Crippen molar-refractivity contribution in [1.29, 1.82) is 0 Å². The highest BCUT2D eigenvalue weighted by molar-refractivity contribution is 7.16. The fourth-order valence-corrected chi connectivity index (χ4v) is 6.13. The van der Waals surface area contributed by atoms with Crippen LogP contribution in [0.4, 0.5) is 25.8 Å². The van der Waals surface area contributed by atoms with Crippen molar-refractivity contribution >= 4 is 40.3 Å². The molecule has 6 rings (SSSR count). The number of ketones is 1. The third kappa shape index (κ3) is 4.59. The van der Waals surface area contributed by atoms with Crippen LogP contribution in [0.3, 0.4) is 0 Å². The zero-order chi connectivity index (χ0) is 27.1. The van der Waals surface area contributed by atoms with Crippen molar-refractivity contribution in [2.75, 3.05) is 4.90 Å². The lowest BCUT2D eigenvalue weighted by atomic mass is 9.82. The van der Waals surface area contributed by atoms with Crippen LogP contribution < -0.4 is 4.90 Å². The fourth-order valence-electron chi connectivity index (χ4n) is 5.18. The Hall–Kier alpha value is -4.35. The van der Waals surface area contributed by atoms with E-state index in [9.17, 15) is 13.6 Å². The van der Waals surface area contributed by atoms with E-state index in [4.69, 9.17) is 0 Å². The number of fused-ring (bicyclic) bond motifs is 1. The summed E-state index contributed by atoms with van der Waals surface area (Å²) in [6, 6.07) is 32.5. The summed E-state index contributed by atoms with van der Waals surface area (Å²) < 4.78 is 27.2. The first kappa shape index (κ1) is 25.0. The summed E-state index contributed by atoms with van der Waals surface area (Å²) in [4.78, 5) is 17.2. The van der Waals surface area contributed by atoms with Gasteiger partial charge in [0.25, 0.3) is 0 Å². The van der Waals surface area contributed by atoms with Crippen molar-refractivity contribution in [2.45, 2.75) is 19.3 Å². The summed E-state index contributed by atoms with van der Waals surface area (Å²) in [7, 11) is 0. The molecule has 0 saturated heterocycles. The van der Waals surface area contributed by atoms with Gasteiger partial charge in [-0.15, -0.1) is 11.3 Å². The van der Waals surface area contributed by atoms with E-state index in [-0.39, 0.29) is 22.8 Å². The quantitative estimate of drug-likeness (QED) is 0.210. The number of carbonyl (C=O) groups is 1. The van der Waals surface area contributed by atoms with Gasteiger partial charge in [0.2, 0.25) is 0 Å². The Balaban J connectivity index is 1.31. The van der Waals surface area contributed by atoms with E-state index in [1.54, 1.807) is 35.6 Å². The van der Waals surface area contributed by atoms with Crippen molar-refractivity contribution in [3.63, 3.8) is 0 Å². The summed E-state index contributed by atoms with van der Waals surface area (Å²) in [5.41, 5.74) is 5.77. The summed E-state index contributed by atoms with van der Waals surface area (Å²) in [6.07, 6.45) is 2.02. The van der Waals surface area contributed by atoms with Crippen LogP contribution in [0.25, 0.3) is 16.5 Å². The molecule has 0 spiro atoms. The van der Waals surface area contributed by atoms with Gasteiger partial charge in [0.05, 0.1) is 0 Å². The second-order valence-corrected chi connectivity index (χ2v) is 11.2. The topological polar surface area (TPSA) is 20.3 Å². The second-order valence-electron chi connectivity index (χ2n) is 10.1. The molecule has 1 heterocycles. The summed E-state index contributed by atoms with van der Waals surface area (Å²) in [6.45, 7) is 4.20. The van der Waals surface area contributed by atoms with E-state index in [0.717, 1.165) is 49.1 Å². The summed E-state index contributed by atoms with van der Waals surface area (Å²) >= 11 is 1.64. The molecule has 1 aliphatic rings. The first-order valence-corrected chi connectivity index (χ1v) is 13.5. The fraction of sp³-hybridized carbons (Fsp3) is 0.0882. The molecule has 0 amide bonds. The highest BCUT2D eigenvalue weighted by Gasteiger charge is 2.40. The molecular weight excluding hydrogens is 508 g/mol. The van der Waals surface area contributed by atoms with E-state index < -0.39 is 0 Å². The number of allylic oxidation sites excluding steroid dienone is 1. The second kappa shape index (κ2) is 9.75. The van der Waals surface area contributed by atoms with Crippen LogP contribution in [0.2, 0.25) is 0 Å². The average molecular weight is 534 g/mol. The lowest BCUT2D eigenvalue weighted by Crippen LogP contribution is -2.16. The van der Waals surface area contributed by atoms with E-state index in [1.807, 2.05) is 59.5 Å². The van der Waals surface area contributed by atoms with Crippen molar-refractivity contribution in [2.24, 2.45) is 0 Å². The zero-order valence-electron chi connectivity index (χ0n) is 21.5. The van der Waals surface area contributed by atoms with Gasteiger partial charge in [-0.2, -0.15) is 0 Å². The molecule has 39 heavy (non-hydrogen) atoms. The maximum absolute atomic E-state index is 13.6. The molecule has 5 aromatic rings. The number of carbonyl (C=O) groups excluding carboxylic acids is 1. The third-order valence-electron chi connectivity index (χ3n) is 7.26. The predicted molar refractivity (Wildman–Crippen MR) is 156 cm³/mol. The van der Waals surface area contributed by atoms with Crippen LogP contribution in [0, 0.1) is 11.6 Å². The molecule has 0 fully saturated rings. The molecule has 0 saturated carbocycles. The number of hydrogen-bond donors (Lipinski definition) is 0. The van der Waals surface area contributed by atoms with Gasteiger partial charge < -0.3 is 4.90 Å². The summed E-state index contributed by atoms with van der Waals surface area (Å²) in [5.74, 6) is -0.539. The number of halogens is 2. The van der Waals surface area contributed by atoms with Crippen LogP contribution in [-0.4, -0.2) is 5.78 Å². The highest BCUT2D eigenvalue weighted by Crippen LogP contribution is 2.44. The predicted octanol–water partition coefficient (Wildman–Crippen LogP) is 9.72. The highest BCUT2D eigenvalue weighted by atomic mass is 32.1. The Morgan fingerprint density at radius 3 is 1.79 bits per heavy atom. The Labute approximate surface area is 230 Å². The van der Waals surface area contributed by atoms with Crippen molar-refractivity contribution in [1.82, 2.24) is 0 Å². The molecule has 0 unspecified atom stereocenters. The Kier molecular flexibility index (Phi) is 6.24. The molecule has 0 atom stereocenters. The maximum Gasteiger partial charge on any atom is 0.190 e. The molecule has 192 valence electrons. The minimum absolute atomic E-state index is 0.0941. The Morgan fingerprint density at radius 2 is 1.23 bits per heavy atom. The number of anilines is 3. The first-order valence-electron chi connectivity index (χ1n) is 12.7. The van der Waals surface area contributed by atoms with Crippen LogP contribution in [-0.2, 0) is 5.41 Å². The maximum atomic E-state index is 13.6. The molecule has 0 radical (unpaired) electrons. The molecule has 4 aromatic carbocycles. The zero-order valence-corrected chi connectivity index (χ0v) is 22.3. The smallest absolute Gasteiger partial charge is 0.190 e.